The molecule has 2 fully saturated rings. The van der Waals surface area contributed by atoms with Gasteiger partial charge in [0.25, 0.3) is 5.91 Å². The normalized spacial score (nSPS) is 20.3. The summed E-state index contributed by atoms with van der Waals surface area (Å²) in [5.74, 6) is -0.594. The van der Waals surface area contributed by atoms with Crippen LogP contribution in [0.2, 0.25) is 0 Å². The number of nitrogens with zero attached hydrogens (tertiary/aromatic N) is 1. The minimum Gasteiger partial charge on any atom is -0.353 e. The highest BCUT2D eigenvalue weighted by Gasteiger charge is 2.49. The maximum absolute atomic E-state index is 12.5. The van der Waals surface area contributed by atoms with E-state index in [2.05, 4.69) is 16.0 Å². The Morgan fingerprint density at radius 1 is 1.12 bits per heavy atom. The molecule has 1 aliphatic heterocycles. The summed E-state index contributed by atoms with van der Waals surface area (Å²) in [6, 6.07) is 0.0699. The van der Waals surface area contributed by atoms with Gasteiger partial charge >= 0.3 is 6.03 Å². The Hall–Kier alpha value is -1.34. The van der Waals surface area contributed by atoms with E-state index in [0.717, 1.165) is 4.90 Å². The molecule has 0 unspecified atom stereocenters. The van der Waals surface area contributed by atoms with Gasteiger partial charge in [0.15, 0.2) is 0 Å². The highest BCUT2D eigenvalue weighted by Crippen LogP contribution is 2.24. The molecule has 26 heavy (non-hydrogen) atoms. The van der Waals surface area contributed by atoms with Crippen molar-refractivity contribution in [3.63, 3.8) is 0 Å². The average Bonchev–Trinajstić information content (AvgIpc) is 2.80. The van der Waals surface area contributed by atoms with Crippen LogP contribution in [0.4, 0.5) is 4.79 Å². The number of hydrogen-bond donors (Lipinski definition) is 3. The van der Waals surface area contributed by atoms with E-state index in [9.17, 15) is 14.4 Å². The zero-order valence-corrected chi connectivity index (χ0v) is 16.8. The van der Waals surface area contributed by atoms with Crippen molar-refractivity contribution in [1.82, 2.24) is 20.9 Å². The van der Waals surface area contributed by atoms with Crippen LogP contribution < -0.4 is 16.0 Å². The van der Waals surface area contributed by atoms with E-state index in [1.807, 2.05) is 13.8 Å². The molecule has 7 nitrogen and oxygen atoms in total. The standard InChI is InChI=1S/C18H32N4O3.ClH/c1-3-18(4-2)16(24)22(17(25)21-18)13-15(23)20-12-11-19-14-9-7-5-6-8-10-14;/h14,19H,3-13H2,1-2H3,(H,20,23)(H,21,25);1H. The van der Waals surface area contributed by atoms with Gasteiger partial charge in [-0.2, -0.15) is 0 Å². The first-order valence-electron chi connectivity index (χ1n) is 9.66. The summed E-state index contributed by atoms with van der Waals surface area (Å²) in [5, 5.41) is 9.01. The van der Waals surface area contributed by atoms with Gasteiger partial charge in [-0.15, -0.1) is 12.4 Å². The van der Waals surface area contributed by atoms with Gasteiger partial charge in [-0.3, -0.25) is 14.5 Å². The molecule has 3 N–H and O–H groups in total. The van der Waals surface area contributed by atoms with E-state index in [1.54, 1.807) is 0 Å². The van der Waals surface area contributed by atoms with Crippen molar-refractivity contribution in [2.45, 2.75) is 76.8 Å². The van der Waals surface area contributed by atoms with Crippen LogP contribution in [0.3, 0.4) is 0 Å². The molecule has 1 aliphatic carbocycles. The molecule has 2 rings (SSSR count). The topological polar surface area (TPSA) is 90.5 Å². The Bertz CT molecular complexity index is 489. The zero-order chi connectivity index (χ0) is 18.3. The fraction of sp³-hybridized carbons (Fsp3) is 0.833. The summed E-state index contributed by atoms with van der Waals surface area (Å²) >= 11 is 0. The smallest absolute Gasteiger partial charge is 0.325 e. The molecule has 0 bridgehead atoms. The van der Waals surface area contributed by atoms with Crippen molar-refractivity contribution in [1.29, 1.82) is 0 Å². The fourth-order valence-corrected chi connectivity index (χ4v) is 3.71. The van der Waals surface area contributed by atoms with Crippen LogP contribution in [0, 0.1) is 0 Å². The lowest BCUT2D eigenvalue weighted by Crippen LogP contribution is -2.47. The van der Waals surface area contributed by atoms with E-state index >= 15 is 0 Å². The summed E-state index contributed by atoms with van der Waals surface area (Å²) in [6.07, 6.45) is 8.63. The maximum Gasteiger partial charge on any atom is 0.325 e. The second-order valence-corrected chi connectivity index (χ2v) is 7.10. The van der Waals surface area contributed by atoms with Gasteiger partial charge in [-0.05, 0) is 25.7 Å². The van der Waals surface area contributed by atoms with Crippen LogP contribution in [0.1, 0.15) is 65.2 Å². The summed E-state index contributed by atoms with van der Waals surface area (Å²) in [7, 11) is 0. The lowest BCUT2D eigenvalue weighted by Gasteiger charge is -2.23. The minimum absolute atomic E-state index is 0. The quantitative estimate of drug-likeness (QED) is 0.337. The molecule has 0 spiro atoms. The minimum atomic E-state index is -0.849. The molecule has 2 aliphatic rings. The highest BCUT2D eigenvalue weighted by molar-refractivity contribution is 6.08. The summed E-state index contributed by atoms with van der Waals surface area (Å²) in [4.78, 5) is 37.6. The Balaban J connectivity index is 0.00000338. The third-order valence-electron chi connectivity index (χ3n) is 5.49. The predicted molar refractivity (Wildman–Crippen MR) is 103 cm³/mol. The van der Waals surface area contributed by atoms with Gasteiger partial charge in [-0.25, -0.2) is 4.79 Å². The van der Waals surface area contributed by atoms with Crippen molar-refractivity contribution in [2.24, 2.45) is 0 Å². The van der Waals surface area contributed by atoms with Crippen LogP contribution in [0.5, 0.6) is 0 Å². The largest absolute Gasteiger partial charge is 0.353 e. The molecule has 0 radical (unpaired) electrons. The number of carbonyl (C=O) groups excluding carboxylic acids is 3. The van der Waals surface area contributed by atoms with Crippen LogP contribution in [0.25, 0.3) is 0 Å². The molecule has 8 heteroatoms. The molecule has 1 saturated carbocycles. The zero-order valence-electron chi connectivity index (χ0n) is 15.9. The van der Waals surface area contributed by atoms with Crippen molar-refractivity contribution in [2.75, 3.05) is 19.6 Å². The van der Waals surface area contributed by atoms with E-state index in [1.165, 1.54) is 38.5 Å². The van der Waals surface area contributed by atoms with Gasteiger partial charge in [0.1, 0.15) is 12.1 Å². The number of imide groups is 1. The molecule has 4 amide bonds. The molecule has 1 saturated heterocycles. The van der Waals surface area contributed by atoms with Gasteiger partial charge < -0.3 is 16.0 Å². The summed E-state index contributed by atoms with van der Waals surface area (Å²) in [5.41, 5.74) is -0.849. The highest BCUT2D eigenvalue weighted by atomic mass is 35.5. The van der Waals surface area contributed by atoms with E-state index in [4.69, 9.17) is 0 Å². The van der Waals surface area contributed by atoms with Crippen molar-refractivity contribution < 1.29 is 14.4 Å². The fourth-order valence-electron chi connectivity index (χ4n) is 3.71. The summed E-state index contributed by atoms with van der Waals surface area (Å²) in [6.45, 7) is 4.74. The number of urea groups is 1. The Labute approximate surface area is 162 Å². The van der Waals surface area contributed by atoms with E-state index in [0.29, 0.717) is 32.0 Å². The summed E-state index contributed by atoms with van der Waals surface area (Å²) < 4.78 is 0. The molecular formula is C18H33ClN4O3. The average molecular weight is 389 g/mol. The monoisotopic (exact) mass is 388 g/mol. The molecule has 0 aromatic heterocycles. The number of carbonyl (C=O) groups is 3. The first-order chi connectivity index (χ1) is 12.0. The number of hydrogen-bond acceptors (Lipinski definition) is 4. The van der Waals surface area contributed by atoms with Crippen molar-refractivity contribution in [3.8, 4) is 0 Å². The van der Waals surface area contributed by atoms with Gasteiger partial charge in [0, 0.05) is 19.1 Å². The third-order valence-corrected chi connectivity index (χ3v) is 5.49. The van der Waals surface area contributed by atoms with Gasteiger partial charge in [-0.1, -0.05) is 39.5 Å². The first-order valence-corrected chi connectivity index (χ1v) is 9.66. The van der Waals surface area contributed by atoms with E-state index in [-0.39, 0.29) is 30.8 Å². The molecule has 0 atom stereocenters. The van der Waals surface area contributed by atoms with Crippen LogP contribution in [-0.4, -0.2) is 54.0 Å². The molecule has 0 aromatic rings. The Kier molecular flexibility index (Phi) is 9.36. The first kappa shape index (κ1) is 22.7. The van der Waals surface area contributed by atoms with E-state index < -0.39 is 11.6 Å². The lowest BCUT2D eigenvalue weighted by atomic mass is 9.93. The van der Waals surface area contributed by atoms with Crippen LogP contribution >= 0.6 is 12.4 Å². The molecular weight excluding hydrogens is 356 g/mol. The lowest BCUT2D eigenvalue weighted by molar-refractivity contribution is -0.135. The number of halogens is 1. The number of rotatable bonds is 8. The van der Waals surface area contributed by atoms with Crippen LogP contribution in [0.15, 0.2) is 0 Å². The molecule has 0 aromatic carbocycles. The molecule has 150 valence electrons. The van der Waals surface area contributed by atoms with Gasteiger partial charge in [0.2, 0.25) is 5.91 Å². The maximum atomic E-state index is 12.5. The SMILES string of the molecule is CCC1(CC)NC(=O)N(CC(=O)NCCNC2CCCCCC2)C1=O.Cl. The number of amides is 4. The Morgan fingerprint density at radius 2 is 1.73 bits per heavy atom. The van der Waals surface area contributed by atoms with Crippen molar-refractivity contribution >= 4 is 30.3 Å². The Morgan fingerprint density at radius 3 is 2.27 bits per heavy atom. The second-order valence-electron chi connectivity index (χ2n) is 7.10. The van der Waals surface area contributed by atoms with Crippen molar-refractivity contribution in [3.05, 3.63) is 0 Å². The van der Waals surface area contributed by atoms with Crippen LogP contribution in [-0.2, 0) is 9.59 Å². The third kappa shape index (κ3) is 5.58. The molecule has 1 heterocycles. The van der Waals surface area contributed by atoms with Gasteiger partial charge in [0.05, 0.1) is 0 Å². The second kappa shape index (κ2) is 10.7. The number of nitrogens with one attached hydrogen (secondary N) is 3. The predicted octanol–water partition coefficient (Wildman–Crippen LogP) is 1.95.